The van der Waals surface area contributed by atoms with E-state index in [0.29, 0.717) is 6.61 Å². The van der Waals surface area contributed by atoms with Crippen LogP contribution in [0.3, 0.4) is 0 Å². The lowest BCUT2D eigenvalue weighted by molar-refractivity contribution is -0.140. The van der Waals surface area contributed by atoms with E-state index in [2.05, 4.69) is 13.8 Å². The normalized spacial score (nSPS) is 12.4. The number of carboxylic acids is 1. The van der Waals surface area contributed by atoms with Crippen LogP contribution < -0.4 is 0 Å². The molecule has 0 amide bonds. The summed E-state index contributed by atoms with van der Waals surface area (Å²) >= 11 is 0. The Labute approximate surface area is 156 Å². The Morgan fingerprint density at radius 2 is 1.16 bits per heavy atom. The molecule has 25 heavy (non-hydrogen) atoms. The van der Waals surface area contributed by atoms with Gasteiger partial charge in [0.1, 0.15) is 0 Å². The van der Waals surface area contributed by atoms with Gasteiger partial charge in [0.05, 0.1) is 12.5 Å². The molecule has 0 spiro atoms. The van der Waals surface area contributed by atoms with Gasteiger partial charge in [0.2, 0.25) is 0 Å². The van der Waals surface area contributed by atoms with Gasteiger partial charge in [-0.3, -0.25) is 4.79 Å². The first kappa shape index (κ1) is 24.4. The summed E-state index contributed by atoms with van der Waals surface area (Å²) in [6, 6.07) is 0. The highest BCUT2D eigenvalue weighted by atomic mass is 16.5. The van der Waals surface area contributed by atoms with Gasteiger partial charge in [0, 0.05) is 6.61 Å². The van der Waals surface area contributed by atoms with Crippen molar-refractivity contribution in [2.24, 2.45) is 0 Å². The number of hydrogen-bond acceptors (Lipinski definition) is 2. The van der Waals surface area contributed by atoms with Crippen molar-refractivity contribution < 1.29 is 14.6 Å². The fourth-order valence-electron chi connectivity index (χ4n) is 3.22. The largest absolute Gasteiger partial charge is 0.481 e. The summed E-state index contributed by atoms with van der Waals surface area (Å²) < 4.78 is 5.72. The molecule has 0 aromatic carbocycles. The molecule has 0 radical (unpaired) electrons. The molecule has 0 rings (SSSR count). The fraction of sp³-hybridized carbons (Fsp3) is 0.955. The van der Waals surface area contributed by atoms with E-state index in [1.807, 2.05) is 0 Å². The molecule has 0 aliphatic heterocycles. The lowest BCUT2D eigenvalue weighted by Gasteiger charge is -2.15. The van der Waals surface area contributed by atoms with Gasteiger partial charge in [-0.15, -0.1) is 0 Å². The van der Waals surface area contributed by atoms with Gasteiger partial charge in [-0.2, -0.15) is 0 Å². The van der Waals surface area contributed by atoms with E-state index >= 15 is 0 Å². The van der Waals surface area contributed by atoms with Gasteiger partial charge in [0.25, 0.3) is 0 Å². The number of rotatable bonds is 20. The molecule has 0 fully saturated rings. The molecule has 3 heteroatoms. The maximum Gasteiger partial charge on any atom is 0.305 e. The molecule has 1 unspecified atom stereocenters. The number of ether oxygens (including phenoxy) is 1. The van der Waals surface area contributed by atoms with Crippen LogP contribution in [0.4, 0.5) is 0 Å². The molecule has 0 aliphatic rings. The van der Waals surface area contributed by atoms with Gasteiger partial charge in [-0.05, 0) is 12.8 Å². The molecule has 150 valence electrons. The number of carboxylic acid groups (broad SMARTS) is 1. The lowest BCUT2D eigenvalue weighted by Crippen LogP contribution is -2.18. The van der Waals surface area contributed by atoms with Crippen molar-refractivity contribution in [2.75, 3.05) is 6.61 Å². The highest BCUT2D eigenvalue weighted by molar-refractivity contribution is 5.67. The number of carbonyl (C=O) groups is 1. The molecule has 0 saturated heterocycles. The van der Waals surface area contributed by atoms with E-state index in [-0.39, 0.29) is 12.5 Å². The van der Waals surface area contributed by atoms with Crippen molar-refractivity contribution in [3.8, 4) is 0 Å². The monoisotopic (exact) mass is 356 g/mol. The Morgan fingerprint density at radius 1 is 0.720 bits per heavy atom. The SMILES string of the molecule is CCCCCCCCCCCCCCCC(CC(=O)O)OCCCC. The van der Waals surface area contributed by atoms with Gasteiger partial charge in [-0.1, -0.05) is 104 Å². The predicted octanol–water partition coefficient (Wildman–Crippen LogP) is 7.13. The molecule has 1 atom stereocenters. The van der Waals surface area contributed by atoms with Crippen LogP contribution in [0.2, 0.25) is 0 Å². The Kier molecular flexibility index (Phi) is 19.3. The number of aliphatic carboxylic acids is 1. The molecule has 3 nitrogen and oxygen atoms in total. The summed E-state index contributed by atoms with van der Waals surface area (Å²) in [6.45, 7) is 5.10. The zero-order chi connectivity index (χ0) is 18.6. The van der Waals surface area contributed by atoms with Crippen LogP contribution in [-0.4, -0.2) is 23.8 Å². The van der Waals surface area contributed by atoms with Gasteiger partial charge in [0.15, 0.2) is 0 Å². The topological polar surface area (TPSA) is 46.5 Å². The molecule has 0 saturated carbocycles. The molecule has 0 heterocycles. The fourth-order valence-corrected chi connectivity index (χ4v) is 3.22. The number of unbranched alkanes of at least 4 members (excludes halogenated alkanes) is 13. The maximum atomic E-state index is 10.9. The van der Waals surface area contributed by atoms with Crippen LogP contribution in [-0.2, 0) is 9.53 Å². The highest BCUT2D eigenvalue weighted by Crippen LogP contribution is 2.15. The van der Waals surface area contributed by atoms with Crippen LogP contribution in [0.15, 0.2) is 0 Å². The van der Waals surface area contributed by atoms with E-state index in [0.717, 1.165) is 25.7 Å². The van der Waals surface area contributed by atoms with Crippen LogP contribution in [0.1, 0.15) is 123 Å². The Balaban J connectivity index is 3.39. The zero-order valence-electron chi connectivity index (χ0n) is 17.1. The molecule has 0 bridgehead atoms. The maximum absolute atomic E-state index is 10.9. The average Bonchev–Trinajstić information content (AvgIpc) is 2.58. The average molecular weight is 357 g/mol. The van der Waals surface area contributed by atoms with Crippen molar-refractivity contribution in [3.63, 3.8) is 0 Å². The van der Waals surface area contributed by atoms with Gasteiger partial charge < -0.3 is 9.84 Å². The van der Waals surface area contributed by atoms with Crippen molar-refractivity contribution in [1.29, 1.82) is 0 Å². The first-order valence-corrected chi connectivity index (χ1v) is 11.0. The quantitative estimate of drug-likeness (QED) is 0.236. The van der Waals surface area contributed by atoms with Crippen LogP contribution in [0, 0.1) is 0 Å². The van der Waals surface area contributed by atoms with Gasteiger partial charge in [-0.25, -0.2) is 0 Å². The molecule has 0 aromatic rings. The molecule has 0 aromatic heterocycles. The third-order valence-electron chi connectivity index (χ3n) is 4.88. The van der Waals surface area contributed by atoms with Crippen LogP contribution in [0.5, 0.6) is 0 Å². The Bertz CT molecular complexity index is 278. The van der Waals surface area contributed by atoms with Gasteiger partial charge >= 0.3 is 5.97 Å². The second-order valence-electron chi connectivity index (χ2n) is 7.48. The first-order valence-electron chi connectivity index (χ1n) is 11.0. The van der Waals surface area contributed by atoms with E-state index in [4.69, 9.17) is 9.84 Å². The zero-order valence-corrected chi connectivity index (χ0v) is 17.1. The minimum absolute atomic E-state index is 0.0863. The summed E-state index contributed by atoms with van der Waals surface area (Å²) in [4.78, 5) is 10.9. The predicted molar refractivity (Wildman–Crippen MR) is 107 cm³/mol. The van der Waals surface area contributed by atoms with Crippen molar-refractivity contribution in [1.82, 2.24) is 0 Å². The van der Waals surface area contributed by atoms with Crippen LogP contribution >= 0.6 is 0 Å². The van der Waals surface area contributed by atoms with Crippen molar-refractivity contribution in [2.45, 2.75) is 129 Å². The summed E-state index contributed by atoms with van der Waals surface area (Å²) in [5, 5.41) is 8.96. The first-order chi connectivity index (χ1) is 12.2. The lowest BCUT2D eigenvalue weighted by atomic mass is 10.0. The van der Waals surface area contributed by atoms with E-state index in [1.54, 1.807) is 0 Å². The summed E-state index contributed by atoms with van der Waals surface area (Å²) in [5.41, 5.74) is 0. The highest BCUT2D eigenvalue weighted by Gasteiger charge is 2.13. The molecule has 1 N–H and O–H groups in total. The Hall–Kier alpha value is -0.570. The summed E-state index contributed by atoms with van der Waals surface area (Å²) in [6.07, 6.45) is 20.6. The minimum atomic E-state index is -0.740. The second-order valence-corrected chi connectivity index (χ2v) is 7.48. The molecular formula is C22H44O3. The van der Waals surface area contributed by atoms with Crippen molar-refractivity contribution >= 4 is 5.97 Å². The third kappa shape index (κ3) is 19.6. The summed E-state index contributed by atoms with van der Waals surface area (Å²) in [7, 11) is 0. The van der Waals surface area contributed by atoms with E-state index < -0.39 is 5.97 Å². The summed E-state index contributed by atoms with van der Waals surface area (Å²) in [5.74, 6) is -0.740. The molecule has 0 aliphatic carbocycles. The van der Waals surface area contributed by atoms with Crippen molar-refractivity contribution in [3.05, 3.63) is 0 Å². The smallest absolute Gasteiger partial charge is 0.305 e. The standard InChI is InChI=1S/C22H44O3/c1-3-5-7-8-9-10-11-12-13-14-15-16-17-18-21(20-22(23)24)25-19-6-4-2/h21H,3-20H2,1-2H3,(H,23,24). The second kappa shape index (κ2) is 19.8. The van der Waals surface area contributed by atoms with E-state index in [9.17, 15) is 4.79 Å². The van der Waals surface area contributed by atoms with E-state index in [1.165, 1.54) is 77.0 Å². The molecular weight excluding hydrogens is 312 g/mol. The third-order valence-corrected chi connectivity index (χ3v) is 4.88. The van der Waals surface area contributed by atoms with Crippen LogP contribution in [0.25, 0.3) is 0 Å². The Morgan fingerprint density at radius 3 is 1.60 bits per heavy atom. The minimum Gasteiger partial charge on any atom is -0.481 e. The number of hydrogen-bond donors (Lipinski definition) is 1.